The van der Waals surface area contributed by atoms with Crippen molar-refractivity contribution >= 4 is 0 Å². The van der Waals surface area contributed by atoms with Crippen molar-refractivity contribution in [3.63, 3.8) is 0 Å². The molecule has 0 fully saturated rings. The fourth-order valence-corrected chi connectivity index (χ4v) is 0.525. The Labute approximate surface area is 63.4 Å². The number of halogens is 3. The van der Waals surface area contributed by atoms with Crippen molar-refractivity contribution in [3.05, 3.63) is 0 Å². The van der Waals surface area contributed by atoms with Gasteiger partial charge in [-0.1, -0.05) is 6.92 Å². The molecule has 0 aromatic carbocycles. The van der Waals surface area contributed by atoms with E-state index in [1.807, 2.05) is 0 Å². The van der Waals surface area contributed by atoms with Gasteiger partial charge in [-0.15, -0.1) is 0 Å². The summed E-state index contributed by atoms with van der Waals surface area (Å²) in [6.07, 6.45) is -4.16. The molecular formula is C6H12F3NO. The van der Waals surface area contributed by atoms with E-state index in [4.69, 9.17) is 5.11 Å². The van der Waals surface area contributed by atoms with Crippen LogP contribution in [0.3, 0.4) is 0 Å². The summed E-state index contributed by atoms with van der Waals surface area (Å²) in [5, 5.41) is 10.6. The number of alkyl halides is 3. The normalized spacial score (nSPS) is 15.0. The van der Waals surface area contributed by atoms with E-state index < -0.39 is 12.7 Å². The van der Waals surface area contributed by atoms with Crippen LogP contribution in [0.25, 0.3) is 0 Å². The van der Waals surface area contributed by atoms with Gasteiger partial charge in [0.2, 0.25) is 0 Å². The van der Waals surface area contributed by atoms with Gasteiger partial charge < -0.3 is 10.4 Å². The molecule has 0 aromatic rings. The standard InChI is InChI=1S/C6H12F3NO/c1-5(3-11)2-10-4-6(7,8)9/h5,10-11H,2-4H2,1H3. The molecule has 0 aliphatic heterocycles. The Morgan fingerprint density at radius 1 is 1.45 bits per heavy atom. The highest BCUT2D eigenvalue weighted by molar-refractivity contribution is 4.59. The summed E-state index contributed by atoms with van der Waals surface area (Å²) in [4.78, 5) is 0. The van der Waals surface area contributed by atoms with Gasteiger partial charge in [0.25, 0.3) is 0 Å². The van der Waals surface area contributed by atoms with Gasteiger partial charge in [0.05, 0.1) is 6.54 Å². The summed E-state index contributed by atoms with van der Waals surface area (Å²) < 4.78 is 34.5. The fourth-order valence-electron chi connectivity index (χ4n) is 0.525. The zero-order valence-electron chi connectivity index (χ0n) is 6.28. The van der Waals surface area contributed by atoms with Crippen LogP contribution in [0.2, 0.25) is 0 Å². The Kier molecular flexibility index (Phi) is 4.44. The summed E-state index contributed by atoms with van der Waals surface area (Å²) in [6.45, 7) is 0.779. The molecule has 68 valence electrons. The number of aliphatic hydroxyl groups excluding tert-OH is 1. The van der Waals surface area contributed by atoms with Crippen LogP contribution in [-0.2, 0) is 0 Å². The van der Waals surface area contributed by atoms with Crippen LogP contribution in [0.5, 0.6) is 0 Å². The predicted molar refractivity (Wildman–Crippen MR) is 35.2 cm³/mol. The maximum absolute atomic E-state index is 11.5. The quantitative estimate of drug-likeness (QED) is 0.654. The highest BCUT2D eigenvalue weighted by Gasteiger charge is 2.26. The van der Waals surface area contributed by atoms with Crippen molar-refractivity contribution in [3.8, 4) is 0 Å². The van der Waals surface area contributed by atoms with Crippen LogP contribution in [0.15, 0.2) is 0 Å². The molecule has 0 amide bonds. The highest BCUT2D eigenvalue weighted by atomic mass is 19.4. The Morgan fingerprint density at radius 3 is 2.36 bits per heavy atom. The lowest BCUT2D eigenvalue weighted by Gasteiger charge is -2.10. The molecule has 0 radical (unpaired) electrons. The van der Waals surface area contributed by atoms with Gasteiger partial charge >= 0.3 is 6.18 Å². The first-order chi connectivity index (χ1) is 4.95. The molecule has 0 heterocycles. The molecule has 0 aromatic heterocycles. The number of hydrogen-bond acceptors (Lipinski definition) is 2. The number of aliphatic hydroxyl groups is 1. The second-order valence-corrected chi connectivity index (χ2v) is 2.53. The van der Waals surface area contributed by atoms with Gasteiger partial charge in [-0.3, -0.25) is 0 Å². The van der Waals surface area contributed by atoms with E-state index in [-0.39, 0.29) is 19.1 Å². The molecule has 0 spiro atoms. The van der Waals surface area contributed by atoms with Crippen LogP contribution >= 0.6 is 0 Å². The first-order valence-corrected chi connectivity index (χ1v) is 3.34. The monoisotopic (exact) mass is 171 g/mol. The highest BCUT2D eigenvalue weighted by Crippen LogP contribution is 2.12. The van der Waals surface area contributed by atoms with Gasteiger partial charge in [0, 0.05) is 13.2 Å². The van der Waals surface area contributed by atoms with Crippen LogP contribution in [0.1, 0.15) is 6.92 Å². The molecule has 0 bridgehead atoms. The lowest BCUT2D eigenvalue weighted by atomic mass is 10.2. The smallest absolute Gasteiger partial charge is 0.396 e. The van der Waals surface area contributed by atoms with Crippen LogP contribution in [0, 0.1) is 5.92 Å². The third-order valence-electron chi connectivity index (χ3n) is 1.13. The molecule has 0 aliphatic carbocycles. The summed E-state index contributed by atoms with van der Waals surface area (Å²) in [7, 11) is 0. The third kappa shape index (κ3) is 7.61. The molecule has 5 heteroatoms. The second-order valence-electron chi connectivity index (χ2n) is 2.53. The molecular weight excluding hydrogens is 159 g/mol. The van der Waals surface area contributed by atoms with Crippen molar-refractivity contribution in [2.24, 2.45) is 5.92 Å². The van der Waals surface area contributed by atoms with E-state index in [0.29, 0.717) is 0 Å². The Hall–Kier alpha value is -0.290. The molecule has 11 heavy (non-hydrogen) atoms. The van der Waals surface area contributed by atoms with Crippen LogP contribution < -0.4 is 5.32 Å². The van der Waals surface area contributed by atoms with Crippen molar-refractivity contribution in [1.29, 1.82) is 0 Å². The summed E-state index contributed by atoms with van der Waals surface area (Å²) in [5.41, 5.74) is 0. The lowest BCUT2D eigenvalue weighted by Crippen LogP contribution is -2.32. The maximum Gasteiger partial charge on any atom is 0.401 e. The minimum atomic E-state index is -4.16. The molecule has 0 aliphatic rings. The SMILES string of the molecule is CC(CO)CNCC(F)(F)F. The predicted octanol–water partition coefficient (Wildman–Crippen LogP) is 0.767. The van der Waals surface area contributed by atoms with E-state index in [0.717, 1.165) is 0 Å². The van der Waals surface area contributed by atoms with E-state index in [9.17, 15) is 13.2 Å². The maximum atomic E-state index is 11.5. The van der Waals surface area contributed by atoms with Gasteiger partial charge in [-0.25, -0.2) is 0 Å². The zero-order valence-corrected chi connectivity index (χ0v) is 6.28. The Bertz CT molecular complexity index is 104. The molecule has 0 rings (SSSR count). The largest absolute Gasteiger partial charge is 0.401 e. The zero-order chi connectivity index (χ0) is 8.91. The van der Waals surface area contributed by atoms with Crippen molar-refractivity contribution in [2.45, 2.75) is 13.1 Å². The van der Waals surface area contributed by atoms with Gasteiger partial charge in [-0.05, 0) is 5.92 Å². The first-order valence-electron chi connectivity index (χ1n) is 3.34. The number of rotatable bonds is 4. The van der Waals surface area contributed by atoms with Crippen molar-refractivity contribution in [1.82, 2.24) is 5.32 Å². The second kappa shape index (κ2) is 4.56. The molecule has 2 nitrogen and oxygen atoms in total. The average Bonchev–Trinajstić information content (AvgIpc) is 1.85. The van der Waals surface area contributed by atoms with Gasteiger partial charge in [0.1, 0.15) is 0 Å². The third-order valence-corrected chi connectivity index (χ3v) is 1.13. The first kappa shape index (κ1) is 10.7. The molecule has 2 N–H and O–H groups in total. The van der Waals surface area contributed by atoms with Crippen LogP contribution in [-0.4, -0.2) is 31.0 Å². The molecule has 0 saturated carbocycles. The van der Waals surface area contributed by atoms with E-state index in [1.54, 1.807) is 6.92 Å². The Balaban J connectivity index is 3.28. The number of hydrogen-bond donors (Lipinski definition) is 2. The van der Waals surface area contributed by atoms with Gasteiger partial charge in [-0.2, -0.15) is 13.2 Å². The van der Waals surface area contributed by atoms with Crippen LogP contribution in [0.4, 0.5) is 13.2 Å². The van der Waals surface area contributed by atoms with Crippen molar-refractivity contribution in [2.75, 3.05) is 19.7 Å². The van der Waals surface area contributed by atoms with Crippen molar-refractivity contribution < 1.29 is 18.3 Å². The van der Waals surface area contributed by atoms with E-state index >= 15 is 0 Å². The summed E-state index contributed by atoms with van der Waals surface area (Å²) >= 11 is 0. The Morgan fingerprint density at radius 2 is 2.00 bits per heavy atom. The van der Waals surface area contributed by atoms with Gasteiger partial charge in [0.15, 0.2) is 0 Å². The molecule has 1 atom stereocenters. The minimum absolute atomic E-state index is 0.0924. The summed E-state index contributed by atoms with van der Waals surface area (Å²) in [5.74, 6) is -0.127. The molecule has 1 unspecified atom stereocenters. The minimum Gasteiger partial charge on any atom is -0.396 e. The average molecular weight is 171 g/mol. The fraction of sp³-hybridized carbons (Fsp3) is 1.00. The molecule has 0 saturated heterocycles. The van der Waals surface area contributed by atoms with E-state index in [1.165, 1.54) is 0 Å². The van der Waals surface area contributed by atoms with E-state index in [2.05, 4.69) is 5.32 Å². The summed E-state index contributed by atoms with van der Waals surface area (Å²) in [6, 6.07) is 0. The lowest BCUT2D eigenvalue weighted by molar-refractivity contribution is -0.125. The topological polar surface area (TPSA) is 32.3 Å². The number of nitrogens with one attached hydrogen (secondary N) is 1.